The van der Waals surface area contributed by atoms with Gasteiger partial charge in [-0.1, -0.05) is 44.2 Å². The van der Waals surface area contributed by atoms with E-state index in [1.807, 2.05) is 0 Å². The van der Waals surface area contributed by atoms with Gasteiger partial charge in [0.25, 0.3) is 0 Å². The molecule has 1 rings (SSSR count). The quantitative estimate of drug-likeness (QED) is 0.721. The number of nitrogens with zero attached hydrogens (tertiary/aromatic N) is 1. The van der Waals surface area contributed by atoms with Crippen molar-refractivity contribution in [1.82, 2.24) is 4.90 Å². The van der Waals surface area contributed by atoms with Crippen LogP contribution in [-0.4, -0.2) is 18.0 Å². The topological polar surface area (TPSA) is 3.24 Å². The van der Waals surface area contributed by atoms with Crippen LogP contribution < -0.4 is 0 Å². The van der Waals surface area contributed by atoms with Gasteiger partial charge in [0.1, 0.15) is 0 Å². The first-order chi connectivity index (χ1) is 5.86. The number of benzene rings is 1. The zero-order chi connectivity index (χ0) is 8.81. The average molecular weight is 200 g/mol. The van der Waals surface area contributed by atoms with Gasteiger partial charge in [0.15, 0.2) is 0 Å². The lowest BCUT2D eigenvalue weighted by Crippen LogP contribution is -2.21. The molecule has 0 spiro atoms. The summed E-state index contributed by atoms with van der Waals surface area (Å²) in [6.07, 6.45) is 0. The molecule has 1 nitrogen and oxygen atoms in total. The van der Waals surface area contributed by atoms with E-state index in [2.05, 4.69) is 49.1 Å². The number of hydrogen-bond acceptors (Lipinski definition) is 1. The van der Waals surface area contributed by atoms with Crippen LogP contribution >= 0.6 is 12.4 Å². The van der Waals surface area contributed by atoms with Gasteiger partial charge in [-0.15, -0.1) is 12.4 Å². The Kier molecular flexibility index (Phi) is 6.65. The Morgan fingerprint density at radius 3 is 2.00 bits per heavy atom. The number of halogens is 1. The van der Waals surface area contributed by atoms with Crippen molar-refractivity contribution >= 4 is 12.4 Å². The molecule has 0 heterocycles. The average Bonchev–Trinajstić information content (AvgIpc) is 2.16. The molecular weight excluding hydrogens is 182 g/mol. The Bertz CT molecular complexity index is 207. The van der Waals surface area contributed by atoms with Gasteiger partial charge in [0.05, 0.1) is 0 Å². The molecule has 0 atom stereocenters. The Labute approximate surface area is 87.2 Å². The van der Waals surface area contributed by atoms with E-state index in [4.69, 9.17) is 0 Å². The van der Waals surface area contributed by atoms with Gasteiger partial charge in [-0.2, -0.15) is 0 Å². The molecule has 0 fully saturated rings. The van der Waals surface area contributed by atoms with Crippen LogP contribution in [0.2, 0.25) is 0 Å². The molecule has 0 aliphatic heterocycles. The molecule has 74 valence electrons. The zero-order valence-electron chi connectivity index (χ0n) is 8.36. The third-order valence-electron chi connectivity index (χ3n) is 2.14. The monoisotopic (exact) mass is 199 g/mol. The molecule has 0 aliphatic rings. The van der Waals surface area contributed by atoms with Crippen molar-refractivity contribution in [1.29, 1.82) is 0 Å². The highest BCUT2D eigenvalue weighted by atomic mass is 35.5. The standard InChI is InChI=1S/C11H17N.ClH/c1-3-12(4-2)10-11-8-6-5-7-9-11;/h5-9H,3-4,10H2,1-2H3;1H. The van der Waals surface area contributed by atoms with Crippen molar-refractivity contribution in [2.24, 2.45) is 0 Å². The van der Waals surface area contributed by atoms with Gasteiger partial charge in [0.2, 0.25) is 0 Å². The van der Waals surface area contributed by atoms with Crippen molar-refractivity contribution in [2.75, 3.05) is 13.1 Å². The molecule has 0 aliphatic carbocycles. The smallest absolute Gasteiger partial charge is 0.0233 e. The van der Waals surface area contributed by atoms with Crippen LogP contribution in [0.15, 0.2) is 30.3 Å². The first kappa shape index (κ1) is 12.5. The molecule has 13 heavy (non-hydrogen) atoms. The van der Waals surface area contributed by atoms with Crippen LogP contribution in [0.1, 0.15) is 19.4 Å². The summed E-state index contributed by atoms with van der Waals surface area (Å²) in [5.74, 6) is 0. The van der Waals surface area contributed by atoms with E-state index in [0.29, 0.717) is 0 Å². The minimum Gasteiger partial charge on any atom is -0.300 e. The maximum absolute atomic E-state index is 2.41. The fraction of sp³-hybridized carbons (Fsp3) is 0.455. The molecule has 0 unspecified atom stereocenters. The molecule has 0 aromatic heterocycles. The zero-order valence-corrected chi connectivity index (χ0v) is 9.18. The molecule has 1 aromatic carbocycles. The van der Waals surface area contributed by atoms with Crippen molar-refractivity contribution in [3.63, 3.8) is 0 Å². The lowest BCUT2D eigenvalue weighted by atomic mass is 10.2. The van der Waals surface area contributed by atoms with Crippen molar-refractivity contribution in [2.45, 2.75) is 20.4 Å². The lowest BCUT2D eigenvalue weighted by molar-refractivity contribution is 0.296. The second-order valence-electron chi connectivity index (χ2n) is 2.95. The molecule has 0 saturated heterocycles. The van der Waals surface area contributed by atoms with Gasteiger partial charge >= 0.3 is 0 Å². The fourth-order valence-corrected chi connectivity index (χ4v) is 1.29. The molecular formula is C11H18ClN. The minimum absolute atomic E-state index is 0. The molecule has 0 N–H and O–H groups in total. The SMILES string of the molecule is CCN(CC)Cc1ccccc1.Cl. The van der Waals surface area contributed by atoms with Crippen molar-refractivity contribution < 1.29 is 0 Å². The van der Waals surface area contributed by atoms with E-state index in [1.54, 1.807) is 0 Å². The highest BCUT2D eigenvalue weighted by Gasteiger charge is 1.98. The summed E-state index contributed by atoms with van der Waals surface area (Å²) in [6, 6.07) is 10.6. The Morgan fingerprint density at radius 2 is 1.54 bits per heavy atom. The predicted molar refractivity (Wildman–Crippen MR) is 60.3 cm³/mol. The van der Waals surface area contributed by atoms with Crippen molar-refractivity contribution in [3.8, 4) is 0 Å². The van der Waals surface area contributed by atoms with Crippen LogP contribution in [0, 0.1) is 0 Å². The van der Waals surface area contributed by atoms with Crippen LogP contribution in [-0.2, 0) is 6.54 Å². The maximum Gasteiger partial charge on any atom is 0.0233 e. The highest BCUT2D eigenvalue weighted by molar-refractivity contribution is 5.85. The van der Waals surface area contributed by atoms with Crippen LogP contribution in [0.4, 0.5) is 0 Å². The summed E-state index contributed by atoms with van der Waals surface area (Å²) in [4.78, 5) is 2.41. The van der Waals surface area contributed by atoms with Crippen LogP contribution in [0.5, 0.6) is 0 Å². The Balaban J connectivity index is 0.00000144. The van der Waals surface area contributed by atoms with E-state index >= 15 is 0 Å². The summed E-state index contributed by atoms with van der Waals surface area (Å²) in [7, 11) is 0. The van der Waals surface area contributed by atoms with Gasteiger partial charge in [-0.05, 0) is 18.7 Å². The van der Waals surface area contributed by atoms with E-state index in [0.717, 1.165) is 19.6 Å². The maximum atomic E-state index is 2.41. The molecule has 0 amide bonds. The largest absolute Gasteiger partial charge is 0.300 e. The van der Waals surface area contributed by atoms with Gasteiger partial charge < -0.3 is 0 Å². The molecule has 1 aromatic rings. The first-order valence-corrected chi connectivity index (χ1v) is 4.63. The number of hydrogen-bond donors (Lipinski definition) is 0. The molecule has 0 radical (unpaired) electrons. The first-order valence-electron chi connectivity index (χ1n) is 4.63. The van der Waals surface area contributed by atoms with Crippen LogP contribution in [0.25, 0.3) is 0 Å². The van der Waals surface area contributed by atoms with E-state index in [-0.39, 0.29) is 12.4 Å². The van der Waals surface area contributed by atoms with E-state index in [9.17, 15) is 0 Å². The second-order valence-corrected chi connectivity index (χ2v) is 2.95. The summed E-state index contributed by atoms with van der Waals surface area (Å²) >= 11 is 0. The Hall–Kier alpha value is -0.530. The minimum atomic E-state index is 0. The lowest BCUT2D eigenvalue weighted by Gasteiger charge is -2.17. The summed E-state index contributed by atoms with van der Waals surface area (Å²) in [6.45, 7) is 7.74. The molecule has 0 bridgehead atoms. The van der Waals surface area contributed by atoms with E-state index < -0.39 is 0 Å². The van der Waals surface area contributed by atoms with Gasteiger partial charge in [0, 0.05) is 6.54 Å². The summed E-state index contributed by atoms with van der Waals surface area (Å²) < 4.78 is 0. The molecule has 0 saturated carbocycles. The second kappa shape index (κ2) is 6.93. The number of rotatable bonds is 4. The molecule has 2 heteroatoms. The fourth-order valence-electron chi connectivity index (χ4n) is 1.29. The highest BCUT2D eigenvalue weighted by Crippen LogP contribution is 2.02. The predicted octanol–water partition coefficient (Wildman–Crippen LogP) is 2.95. The normalized spacial score (nSPS) is 9.77. The summed E-state index contributed by atoms with van der Waals surface area (Å²) in [5.41, 5.74) is 1.40. The third kappa shape index (κ3) is 4.30. The van der Waals surface area contributed by atoms with Gasteiger partial charge in [-0.25, -0.2) is 0 Å². The van der Waals surface area contributed by atoms with Crippen molar-refractivity contribution in [3.05, 3.63) is 35.9 Å². The summed E-state index contributed by atoms with van der Waals surface area (Å²) in [5, 5.41) is 0. The van der Waals surface area contributed by atoms with Crippen LogP contribution in [0.3, 0.4) is 0 Å². The third-order valence-corrected chi connectivity index (χ3v) is 2.14. The Morgan fingerprint density at radius 1 is 1.00 bits per heavy atom. The van der Waals surface area contributed by atoms with Gasteiger partial charge in [-0.3, -0.25) is 4.90 Å². The van der Waals surface area contributed by atoms with E-state index in [1.165, 1.54) is 5.56 Å².